The summed E-state index contributed by atoms with van der Waals surface area (Å²) in [5, 5.41) is 18.6. The third-order valence-corrected chi connectivity index (χ3v) is 3.72. The summed E-state index contributed by atoms with van der Waals surface area (Å²) >= 11 is 0. The van der Waals surface area contributed by atoms with Crippen LogP contribution in [0, 0.1) is 28.6 Å². The summed E-state index contributed by atoms with van der Waals surface area (Å²) < 4.78 is 5.32. The van der Waals surface area contributed by atoms with E-state index in [2.05, 4.69) is 0 Å². The number of rotatable bonds is 6. The number of hydrogen-bond acceptors (Lipinski definition) is 4. The molecular weight excluding hydrogens is 288 g/mol. The van der Waals surface area contributed by atoms with Crippen molar-refractivity contribution >= 4 is 5.78 Å². The van der Waals surface area contributed by atoms with Crippen LogP contribution in [0.4, 0.5) is 0 Å². The number of carbonyl (C=O) groups excluding carboxylic acids is 1. The van der Waals surface area contributed by atoms with E-state index in [4.69, 9.17) is 4.74 Å². The van der Waals surface area contributed by atoms with Gasteiger partial charge in [-0.05, 0) is 6.07 Å². The Balaban J connectivity index is 2.38. The second-order valence-electron chi connectivity index (χ2n) is 5.08. The van der Waals surface area contributed by atoms with E-state index in [0.29, 0.717) is 16.9 Å². The van der Waals surface area contributed by atoms with Gasteiger partial charge in [-0.15, -0.1) is 0 Å². The summed E-state index contributed by atoms with van der Waals surface area (Å²) in [6.45, 7) is 0. The van der Waals surface area contributed by atoms with Gasteiger partial charge in [0.2, 0.25) is 0 Å². The van der Waals surface area contributed by atoms with Gasteiger partial charge in [0.15, 0.2) is 5.78 Å². The van der Waals surface area contributed by atoms with E-state index in [1.807, 2.05) is 30.3 Å². The van der Waals surface area contributed by atoms with Crippen LogP contribution in [-0.4, -0.2) is 12.9 Å². The number of nitrogens with zero attached hydrogens (tertiary/aromatic N) is 2. The molecular formula is C19H16N2O2. The van der Waals surface area contributed by atoms with Gasteiger partial charge in [0.1, 0.15) is 11.7 Å². The first-order chi connectivity index (χ1) is 11.2. The zero-order valence-electron chi connectivity index (χ0n) is 12.8. The van der Waals surface area contributed by atoms with Gasteiger partial charge in [-0.1, -0.05) is 48.5 Å². The summed E-state index contributed by atoms with van der Waals surface area (Å²) in [6.07, 6.45) is 0.0795. The SMILES string of the molecule is COc1ccccc1C(CC(=O)c1ccccc1)C(C#N)C#N. The molecule has 0 aliphatic heterocycles. The van der Waals surface area contributed by atoms with E-state index >= 15 is 0 Å². The van der Waals surface area contributed by atoms with Gasteiger partial charge in [-0.2, -0.15) is 10.5 Å². The van der Waals surface area contributed by atoms with Crippen LogP contribution in [0.3, 0.4) is 0 Å². The Morgan fingerprint density at radius 1 is 1.04 bits per heavy atom. The van der Waals surface area contributed by atoms with Crippen LogP contribution in [0.1, 0.15) is 28.3 Å². The number of ketones is 1. The summed E-state index contributed by atoms with van der Waals surface area (Å²) in [7, 11) is 1.53. The number of para-hydroxylation sites is 1. The average Bonchev–Trinajstić information content (AvgIpc) is 2.62. The molecule has 1 unspecified atom stereocenters. The van der Waals surface area contributed by atoms with E-state index in [1.54, 1.807) is 36.4 Å². The number of methoxy groups -OCH3 is 1. The molecule has 0 spiro atoms. The number of carbonyl (C=O) groups is 1. The Morgan fingerprint density at radius 3 is 2.26 bits per heavy atom. The van der Waals surface area contributed by atoms with Crippen LogP contribution in [0.15, 0.2) is 54.6 Å². The van der Waals surface area contributed by atoms with Crippen LogP contribution in [-0.2, 0) is 0 Å². The first kappa shape index (κ1) is 16.3. The Kier molecular flexibility index (Phi) is 5.50. The van der Waals surface area contributed by atoms with Gasteiger partial charge in [-0.25, -0.2) is 0 Å². The molecule has 23 heavy (non-hydrogen) atoms. The minimum atomic E-state index is -0.918. The normalized spacial score (nSPS) is 11.3. The molecule has 0 radical (unpaired) electrons. The molecule has 0 heterocycles. The third-order valence-electron chi connectivity index (χ3n) is 3.72. The minimum absolute atomic E-state index is 0.0795. The van der Waals surface area contributed by atoms with E-state index in [0.717, 1.165) is 0 Å². The number of benzene rings is 2. The minimum Gasteiger partial charge on any atom is -0.496 e. The molecule has 0 amide bonds. The molecule has 0 saturated carbocycles. The smallest absolute Gasteiger partial charge is 0.163 e. The predicted molar refractivity (Wildman–Crippen MR) is 85.8 cm³/mol. The number of Topliss-reactive ketones (excluding diaryl/α,β-unsaturated/α-hetero) is 1. The van der Waals surface area contributed by atoms with Crippen molar-refractivity contribution in [2.75, 3.05) is 7.11 Å². The highest BCUT2D eigenvalue weighted by Gasteiger charge is 2.28. The van der Waals surface area contributed by atoms with Gasteiger partial charge in [0.05, 0.1) is 19.2 Å². The maximum atomic E-state index is 12.5. The Morgan fingerprint density at radius 2 is 1.65 bits per heavy atom. The zero-order valence-corrected chi connectivity index (χ0v) is 12.8. The van der Waals surface area contributed by atoms with Crippen molar-refractivity contribution in [2.45, 2.75) is 12.3 Å². The van der Waals surface area contributed by atoms with Crippen LogP contribution in [0.5, 0.6) is 5.75 Å². The molecule has 0 aliphatic rings. The molecule has 0 N–H and O–H groups in total. The van der Waals surface area contributed by atoms with Crippen molar-refractivity contribution in [3.63, 3.8) is 0 Å². The molecule has 2 rings (SSSR count). The lowest BCUT2D eigenvalue weighted by Crippen LogP contribution is -2.16. The van der Waals surface area contributed by atoms with Crippen molar-refractivity contribution in [3.05, 3.63) is 65.7 Å². The van der Waals surface area contributed by atoms with Gasteiger partial charge in [-0.3, -0.25) is 4.79 Å². The first-order valence-corrected chi connectivity index (χ1v) is 7.21. The Bertz CT molecular complexity index is 743. The van der Waals surface area contributed by atoms with Gasteiger partial charge in [0, 0.05) is 23.5 Å². The molecule has 4 nitrogen and oxygen atoms in total. The van der Waals surface area contributed by atoms with Crippen LogP contribution in [0.25, 0.3) is 0 Å². The van der Waals surface area contributed by atoms with Gasteiger partial charge < -0.3 is 4.74 Å². The second-order valence-corrected chi connectivity index (χ2v) is 5.08. The lowest BCUT2D eigenvalue weighted by Gasteiger charge is -2.19. The van der Waals surface area contributed by atoms with Crippen molar-refractivity contribution in [2.24, 2.45) is 5.92 Å². The number of hydrogen-bond donors (Lipinski definition) is 0. The van der Waals surface area contributed by atoms with E-state index in [9.17, 15) is 15.3 Å². The maximum Gasteiger partial charge on any atom is 0.163 e. The fourth-order valence-corrected chi connectivity index (χ4v) is 2.53. The van der Waals surface area contributed by atoms with Gasteiger partial charge >= 0.3 is 0 Å². The molecule has 0 bridgehead atoms. The molecule has 2 aromatic rings. The molecule has 0 aromatic heterocycles. The Labute approximate surface area is 135 Å². The number of ether oxygens (including phenoxy) is 1. The summed E-state index contributed by atoms with van der Waals surface area (Å²) in [6, 6.07) is 20.0. The van der Waals surface area contributed by atoms with E-state index in [1.165, 1.54) is 7.11 Å². The van der Waals surface area contributed by atoms with Crippen molar-refractivity contribution < 1.29 is 9.53 Å². The van der Waals surface area contributed by atoms with Crippen LogP contribution >= 0.6 is 0 Å². The topological polar surface area (TPSA) is 73.9 Å². The van der Waals surface area contributed by atoms with E-state index in [-0.39, 0.29) is 12.2 Å². The van der Waals surface area contributed by atoms with Crippen molar-refractivity contribution in [1.29, 1.82) is 10.5 Å². The van der Waals surface area contributed by atoms with Crippen LogP contribution in [0.2, 0.25) is 0 Å². The molecule has 1 atom stereocenters. The maximum absolute atomic E-state index is 12.5. The second kappa shape index (κ2) is 7.77. The summed E-state index contributed by atoms with van der Waals surface area (Å²) in [4.78, 5) is 12.5. The first-order valence-electron chi connectivity index (χ1n) is 7.21. The third kappa shape index (κ3) is 3.75. The Hall–Kier alpha value is -3.11. The largest absolute Gasteiger partial charge is 0.496 e. The number of nitriles is 2. The monoisotopic (exact) mass is 304 g/mol. The highest BCUT2D eigenvalue weighted by atomic mass is 16.5. The molecule has 2 aromatic carbocycles. The lowest BCUT2D eigenvalue weighted by atomic mass is 9.82. The quantitative estimate of drug-likeness (QED) is 0.762. The van der Waals surface area contributed by atoms with Gasteiger partial charge in [0.25, 0.3) is 0 Å². The molecule has 0 fully saturated rings. The lowest BCUT2D eigenvalue weighted by molar-refractivity contribution is 0.0970. The summed E-state index contributed by atoms with van der Waals surface area (Å²) in [5.41, 5.74) is 1.27. The van der Waals surface area contributed by atoms with Crippen molar-refractivity contribution in [1.82, 2.24) is 0 Å². The standard InChI is InChI=1S/C19H16N2O2/c1-23-19-10-6-5-9-16(19)17(15(12-20)13-21)11-18(22)14-7-3-2-4-8-14/h2-10,15,17H,11H2,1H3. The highest BCUT2D eigenvalue weighted by Crippen LogP contribution is 2.35. The van der Waals surface area contributed by atoms with Crippen LogP contribution < -0.4 is 4.74 Å². The predicted octanol–water partition coefficient (Wildman–Crippen LogP) is 3.72. The van der Waals surface area contributed by atoms with Crippen molar-refractivity contribution in [3.8, 4) is 17.9 Å². The molecule has 114 valence electrons. The average molecular weight is 304 g/mol. The fourth-order valence-electron chi connectivity index (χ4n) is 2.53. The van der Waals surface area contributed by atoms with E-state index < -0.39 is 11.8 Å². The molecule has 0 saturated heterocycles. The fraction of sp³-hybridized carbons (Fsp3) is 0.211. The molecule has 0 aliphatic carbocycles. The zero-order chi connectivity index (χ0) is 16.7. The molecule has 4 heteroatoms. The summed E-state index contributed by atoms with van der Waals surface area (Å²) in [5.74, 6) is -0.973. The highest BCUT2D eigenvalue weighted by molar-refractivity contribution is 5.96.